The molecule has 1 rings (SSSR count). The van der Waals surface area contributed by atoms with Crippen LogP contribution in [0.1, 0.15) is 226 Å². The second-order valence-corrected chi connectivity index (χ2v) is 17.0. The highest BCUT2D eigenvalue weighted by atomic mass is 16.5. The van der Waals surface area contributed by atoms with Crippen molar-refractivity contribution in [2.24, 2.45) is 0 Å². The number of esters is 2. The number of β-amino-alcohol motifs (C(OH)–C–C–N with tert-alkyl or cyclic N) is 2. The van der Waals surface area contributed by atoms with E-state index in [9.17, 15) is 24.6 Å². The molecule has 0 saturated carbocycles. The molecule has 0 spiro atoms. The van der Waals surface area contributed by atoms with E-state index >= 15 is 0 Å². The molecule has 1 amide bonds. The van der Waals surface area contributed by atoms with Crippen molar-refractivity contribution in [3.05, 3.63) is 0 Å². The van der Waals surface area contributed by atoms with Gasteiger partial charge in [-0.3, -0.25) is 19.3 Å². The lowest BCUT2D eigenvalue weighted by atomic mass is 10.0. The third-order valence-corrected chi connectivity index (χ3v) is 11.5. The van der Waals surface area contributed by atoms with Gasteiger partial charge in [-0.15, -0.1) is 0 Å². The lowest BCUT2D eigenvalue weighted by molar-refractivity contribution is -0.150. The first-order valence-corrected chi connectivity index (χ1v) is 24.0. The predicted molar refractivity (Wildman–Crippen MR) is 231 cm³/mol. The van der Waals surface area contributed by atoms with Crippen LogP contribution in [0.5, 0.6) is 0 Å². The van der Waals surface area contributed by atoms with Crippen molar-refractivity contribution in [3.8, 4) is 0 Å². The van der Waals surface area contributed by atoms with Crippen molar-refractivity contribution in [1.82, 2.24) is 9.80 Å². The molecule has 56 heavy (non-hydrogen) atoms. The van der Waals surface area contributed by atoms with Crippen molar-refractivity contribution < 1.29 is 34.1 Å². The van der Waals surface area contributed by atoms with E-state index in [1.807, 2.05) is 0 Å². The number of likely N-dealkylation sites (tertiary alicyclic amines) is 1. The number of rotatable bonds is 40. The van der Waals surface area contributed by atoms with Crippen molar-refractivity contribution in [3.63, 3.8) is 0 Å². The number of carbonyl (C=O) groups excluding carboxylic acids is 3. The molecule has 1 aliphatic rings. The van der Waals surface area contributed by atoms with Gasteiger partial charge in [0.1, 0.15) is 12.7 Å². The van der Waals surface area contributed by atoms with Gasteiger partial charge in [-0.25, -0.2) is 0 Å². The Hall–Kier alpha value is -1.71. The van der Waals surface area contributed by atoms with Crippen LogP contribution in [0.3, 0.4) is 0 Å². The van der Waals surface area contributed by atoms with Crippen molar-refractivity contribution in [2.75, 3.05) is 39.3 Å². The number of aliphatic hydroxyl groups excluding tert-OH is 2. The highest BCUT2D eigenvalue weighted by molar-refractivity contribution is 5.78. The van der Waals surface area contributed by atoms with E-state index in [0.717, 1.165) is 77.0 Å². The van der Waals surface area contributed by atoms with E-state index in [0.29, 0.717) is 25.9 Å². The molecule has 1 heterocycles. The molecule has 1 fully saturated rings. The van der Waals surface area contributed by atoms with Crippen LogP contribution in [0.4, 0.5) is 0 Å². The first-order chi connectivity index (χ1) is 27.3. The molecule has 330 valence electrons. The normalized spacial score (nSPS) is 15.8. The summed E-state index contributed by atoms with van der Waals surface area (Å²) in [5.74, 6) is -0.334. The smallest absolute Gasteiger partial charge is 0.306 e. The van der Waals surface area contributed by atoms with E-state index in [1.165, 1.54) is 116 Å². The monoisotopic (exact) mass is 795 g/mol. The summed E-state index contributed by atoms with van der Waals surface area (Å²) in [7, 11) is 0. The van der Waals surface area contributed by atoms with Crippen LogP contribution >= 0.6 is 0 Å². The van der Waals surface area contributed by atoms with E-state index in [2.05, 4.69) is 20.8 Å². The topological polar surface area (TPSA) is 117 Å². The molecule has 0 aliphatic carbocycles. The minimum Gasteiger partial charge on any atom is -0.464 e. The van der Waals surface area contributed by atoms with Crippen molar-refractivity contribution in [2.45, 2.75) is 245 Å². The van der Waals surface area contributed by atoms with Gasteiger partial charge in [-0.1, -0.05) is 168 Å². The fourth-order valence-corrected chi connectivity index (χ4v) is 7.82. The van der Waals surface area contributed by atoms with Gasteiger partial charge in [0.15, 0.2) is 0 Å². The van der Waals surface area contributed by atoms with Crippen LogP contribution in [0.25, 0.3) is 0 Å². The van der Waals surface area contributed by atoms with Gasteiger partial charge in [0, 0.05) is 32.5 Å². The van der Waals surface area contributed by atoms with Gasteiger partial charge in [0.05, 0.1) is 25.3 Å². The maximum Gasteiger partial charge on any atom is 0.306 e. The molecule has 2 atom stereocenters. The van der Waals surface area contributed by atoms with E-state index < -0.39 is 12.2 Å². The number of aliphatic hydroxyl groups is 2. The lowest BCUT2D eigenvalue weighted by Gasteiger charge is -2.25. The summed E-state index contributed by atoms with van der Waals surface area (Å²) in [5.41, 5.74) is 0. The summed E-state index contributed by atoms with van der Waals surface area (Å²) in [6, 6.07) is 0. The third-order valence-electron chi connectivity index (χ3n) is 11.5. The molecule has 0 aromatic rings. The second kappa shape index (κ2) is 37.6. The second-order valence-electron chi connectivity index (χ2n) is 17.0. The van der Waals surface area contributed by atoms with Crippen LogP contribution in [-0.2, 0) is 23.9 Å². The molecular formula is C47H90N2O7. The summed E-state index contributed by atoms with van der Waals surface area (Å²) >= 11 is 0. The van der Waals surface area contributed by atoms with Gasteiger partial charge in [0.2, 0.25) is 5.91 Å². The molecule has 0 aromatic carbocycles. The van der Waals surface area contributed by atoms with Crippen LogP contribution in [0, 0.1) is 0 Å². The van der Waals surface area contributed by atoms with E-state index in [-0.39, 0.29) is 50.2 Å². The molecule has 9 heteroatoms. The molecular weight excluding hydrogens is 705 g/mol. The number of hydrogen-bond donors (Lipinski definition) is 2. The number of hydrogen-bond acceptors (Lipinski definition) is 8. The van der Waals surface area contributed by atoms with Gasteiger partial charge >= 0.3 is 11.9 Å². The van der Waals surface area contributed by atoms with Crippen molar-refractivity contribution >= 4 is 17.8 Å². The highest BCUT2D eigenvalue weighted by Gasteiger charge is 2.31. The fourth-order valence-electron chi connectivity index (χ4n) is 7.82. The SMILES string of the molecule is CCCCCCCCCCCCCC(=O)OCCN(CCCCCCCC(=O)OC(CCCCCCCC)CCCCCCCC)C(=O)CN1C[C@@H](O)[C@@H](O)C1. The summed E-state index contributed by atoms with van der Waals surface area (Å²) in [4.78, 5) is 42.1. The summed E-state index contributed by atoms with van der Waals surface area (Å²) in [6.45, 7) is 8.49. The van der Waals surface area contributed by atoms with Gasteiger partial charge in [-0.2, -0.15) is 0 Å². The van der Waals surface area contributed by atoms with Crippen LogP contribution < -0.4 is 0 Å². The maximum atomic E-state index is 13.3. The Bertz CT molecular complexity index is 908. The fraction of sp³-hybridized carbons (Fsp3) is 0.936. The number of unbranched alkanes of at least 4 members (excludes halogenated alkanes) is 24. The Labute approximate surface area is 344 Å². The van der Waals surface area contributed by atoms with E-state index in [4.69, 9.17) is 9.47 Å². The van der Waals surface area contributed by atoms with Gasteiger partial charge in [-0.05, 0) is 44.9 Å². The summed E-state index contributed by atoms with van der Waals surface area (Å²) in [6.07, 6.45) is 34.3. The lowest BCUT2D eigenvalue weighted by Crippen LogP contribution is -2.42. The Kier molecular flexibility index (Phi) is 35.1. The first kappa shape index (κ1) is 52.3. The predicted octanol–water partition coefficient (Wildman–Crippen LogP) is 10.9. The zero-order valence-corrected chi connectivity index (χ0v) is 36.9. The Balaban J connectivity index is 2.37. The molecule has 0 unspecified atom stereocenters. The molecule has 2 N–H and O–H groups in total. The Morgan fingerprint density at radius 3 is 1.39 bits per heavy atom. The zero-order valence-electron chi connectivity index (χ0n) is 36.9. The summed E-state index contributed by atoms with van der Waals surface area (Å²) in [5, 5.41) is 19.9. The van der Waals surface area contributed by atoms with Crippen molar-refractivity contribution in [1.29, 1.82) is 0 Å². The molecule has 9 nitrogen and oxygen atoms in total. The first-order valence-electron chi connectivity index (χ1n) is 24.0. The minimum atomic E-state index is -0.837. The number of nitrogens with zero attached hydrogens (tertiary/aromatic N) is 2. The number of amides is 1. The van der Waals surface area contributed by atoms with Crippen LogP contribution in [0.15, 0.2) is 0 Å². The summed E-state index contributed by atoms with van der Waals surface area (Å²) < 4.78 is 11.6. The standard InChI is InChI=1S/C47H90N2O7/c1-4-7-10-13-16-17-18-19-20-24-29-34-46(53)55-38-37-49(45(52)41-48-39-43(50)44(51)40-48)36-31-26-21-25-30-35-47(54)56-42(32-27-22-14-11-8-5-2)33-28-23-15-12-9-6-3/h42-44,50-51H,4-41H2,1-3H3/t43-,44+. The average molecular weight is 795 g/mol. The Morgan fingerprint density at radius 1 is 0.536 bits per heavy atom. The molecule has 1 aliphatic heterocycles. The highest BCUT2D eigenvalue weighted by Crippen LogP contribution is 2.19. The molecule has 0 aromatic heterocycles. The largest absolute Gasteiger partial charge is 0.464 e. The zero-order chi connectivity index (χ0) is 40.9. The molecule has 1 saturated heterocycles. The Morgan fingerprint density at radius 2 is 0.929 bits per heavy atom. The van der Waals surface area contributed by atoms with E-state index in [1.54, 1.807) is 9.80 Å². The molecule has 0 bridgehead atoms. The third kappa shape index (κ3) is 30.4. The van der Waals surface area contributed by atoms with Gasteiger partial charge < -0.3 is 24.6 Å². The van der Waals surface area contributed by atoms with Crippen LogP contribution in [-0.4, -0.2) is 95.5 Å². The maximum absolute atomic E-state index is 13.3. The quantitative estimate of drug-likeness (QED) is 0.0465. The van der Waals surface area contributed by atoms with Gasteiger partial charge in [0.25, 0.3) is 0 Å². The van der Waals surface area contributed by atoms with Crippen LogP contribution in [0.2, 0.25) is 0 Å². The molecule has 0 radical (unpaired) electrons. The number of ether oxygens (including phenoxy) is 2. The average Bonchev–Trinajstić information content (AvgIpc) is 3.50. The minimum absolute atomic E-state index is 0.0549. The number of carbonyl (C=O) groups is 3.